The SMILES string of the molecule is CCOC(=O)C[C@H](C)[C@@H](NC(=O)c1ccc(-c2ccccc2)cc1)C(=O)O. The number of rotatable bonds is 8. The minimum Gasteiger partial charge on any atom is -0.480 e. The number of carbonyl (C=O) groups excluding carboxylic acids is 2. The van der Waals surface area contributed by atoms with E-state index in [2.05, 4.69) is 5.32 Å². The second-order valence-electron chi connectivity index (χ2n) is 6.22. The summed E-state index contributed by atoms with van der Waals surface area (Å²) in [5.41, 5.74) is 2.33. The van der Waals surface area contributed by atoms with Crippen LogP contribution in [0.25, 0.3) is 11.1 Å². The molecule has 142 valence electrons. The predicted molar refractivity (Wildman–Crippen MR) is 101 cm³/mol. The Hall–Kier alpha value is -3.15. The number of carboxylic acid groups (broad SMARTS) is 1. The number of nitrogens with one attached hydrogen (secondary N) is 1. The molecule has 0 fully saturated rings. The van der Waals surface area contributed by atoms with Crippen LogP contribution in [-0.4, -0.2) is 35.6 Å². The first-order valence-electron chi connectivity index (χ1n) is 8.77. The van der Waals surface area contributed by atoms with Gasteiger partial charge in [0.2, 0.25) is 0 Å². The fraction of sp³-hybridized carbons (Fsp3) is 0.286. The molecule has 27 heavy (non-hydrogen) atoms. The molecule has 6 nitrogen and oxygen atoms in total. The molecule has 2 N–H and O–H groups in total. The van der Waals surface area contributed by atoms with Crippen molar-refractivity contribution in [1.82, 2.24) is 5.32 Å². The van der Waals surface area contributed by atoms with Crippen molar-refractivity contribution < 1.29 is 24.2 Å². The number of esters is 1. The quantitative estimate of drug-likeness (QED) is 0.698. The van der Waals surface area contributed by atoms with E-state index in [4.69, 9.17) is 4.74 Å². The van der Waals surface area contributed by atoms with Crippen LogP contribution < -0.4 is 5.32 Å². The number of aliphatic carboxylic acids is 1. The molecule has 0 heterocycles. The Morgan fingerprint density at radius 2 is 1.59 bits per heavy atom. The first-order chi connectivity index (χ1) is 12.9. The molecular weight excluding hydrogens is 346 g/mol. The van der Waals surface area contributed by atoms with Gasteiger partial charge in [-0.15, -0.1) is 0 Å². The maximum absolute atomic E-state index is 12.4. The van der Waals surface area contributed by atoms with Crippen molar-refractivity contribution in [3.63, 3.8) is 0 Å². The highest BCUT2D eigenvalue weighted by molar-refractivity contribution is 5.97. The molecule has 0 bridgehead atoms. The molecule has 0 aliphatic carbocycles. The third-order valence-electron chi connectivity index (χ3n) is 4.17. The second kappa shape index (κ2) is 9.52. The van der Waals surface area contributed by atoms with Crippen molar-refractivity contribution in [3.8, 4) is 11.1 Å². The van der Waals surface area contributed by atoms with Gasteiger partial charge in [0.05, 0.1) is 13.0 Å². The fourth-order valence-electron chi connectivity index (χ4n) is 2.72. The Balaban J connectivity index is 2.06. The minimum atomic E-state index is -1.19. The lowest BCUT2D eigenvalue weighted by Crippen LogP contribution is -2.45. The molecule has 2 atom stereocenters. The molecule has 0 aliphatic rings. The zero-order valence-corrected chi connectivity index (χ0v) is 15.3. The van der Waals surface area contributed by atoms with Crippen LogP contribution in [0.2, 0.25) is 0 Å². The second-order valence-corrected chi connectivity index (χ2v) is 6.22. The van der Waals surface area contributed by atoms with Crippen LogP contribution in [0, 0.1) is 5.92 Å². The Morgan fingerprint density at radius 1 is 1.00 bits per heavy atom. The Kier molecular flexibility index (Phi) is 7.11. The average Bonchev–Trinajstić information content (AvgIpc) is 2.66. The van der Waals surface area contributed by atoms with Crippen LogP contribution >= 0.6 is 0 Å². The van der Waals surface area contributed by atoms with Crippen molar-refractivity contribution in [2.24, 2.45) is 5.92 Å². The molecule has 0 aromatic heterocycles. The van der Waals surface area contributed by atoms with Crippen molar-refractivity contribution in [3.05, 3.63) is 60.2 Å². The van der Waals surface area contributed by atoms with Crippen LogP contribution in [0.1, 0.15) is 30.6 Å². The molecule has 0 saturated carbocycles. The number of carbonyl (C=O) groups is 3. The van der Waals surface area contributed by atoms with E-state index in [1.54, 1.807) is 26.0 Å². The largest absolute Gasteiger partial charge is 0.480 e. The van der Waals surface area contributed by atoms with Crippen LogP contribution in [0.4, 0.5) is 0 Å². The van der Waals surface area contributed by atoms with E-state index in [1.807, 2.05) is 42.5 Å². The van der Waals surface area contributed by atoms with Gasteiger partial charge < -0.3 is 15.2 Å². The van der Waals surface area contributed by atoms with Gasteiger partial charge in [-0.2, -0.15) is 0 Å². The van der Waals surface area contributed by atoms with E-state index in [-0.39, 0.29) is 13.0 Å². The predicted octanol–water partition coefficient (Wildman–Crippen LogP) is 3.13. The highest BCUT2D eigenvalue weighted by Gasteiger charge is 2.29. The monoisotopic (exact) mass is 369 g/mol. The highest BCUT2D eigenvalue weighted by atomic mass is 16.5. The third-order valence-corrected chi connectivity index (χ3v) is 4.17. The van der Waals surface area contributed by atoms with Crippen LogP contribution in [-0.2, 0) is 14.3 Å². The Labute approximate surface area is 158 Å². The van der Waals surface area contributed by atoms with Crippen molar-refractivity contribution in [1.29, 1.82) is 0 Å². The van der Waals surface area contributed by atoms with Crippen LogP contribution in [0.3, 0.4) is 0 Å². The van der Waals surface area contributed by atoms with Gasteiger partial charge in [-0.25, -0.2) is 4.79 Å². The van der Waals surface area contributed by atoms with E-state index < -0.39 is 29.8 Å². The lowest BCUT2D eigenvalue weighted by atomic mass is 9.97. The van der Waals surface area contributed by atoms with Gasteiger partial charge in [-0.1, -0.05) is 49.4 Å². The van der Waals surface area contributed by atoms with Gasteiger partial charge in [0.25, 0.3) is 5.91 Å². The number of carboxylic acids is 1. The molecule has 2 aromatic rings. The molecule has 0 radical (unpaired) electrons. The van der Waals surface area contributed by atoms with E-state index in [0.717, 1.165) is 11.1 Å². The van der Waals surface area contributed by atoms with Crippen molar-refractivity contribution >= 4 is 17.8 Å². The van der Waals surface area contributed by atoms with Gasteiger partial charge in [0, 0.05) is 5.56 Å². The molecule has 2 rings (SSSR count). The summed E-state index contributed by atoms with van der Waals surface area (Å²) < 4.78 is 4.84. The zero-order chi connectivity index (χ0) is 19.8. The molecule has 1 amide bonds. The highest BCUT2D eigenvalue weighted by Crippen LogP contribution is 2.19. The summed E-state index contributed by atoms with van der Waals surface area (Å²) in [6.45, 7) is 3.50. The number of ether oxygens (including phenoxy) is 1. The summed E-state index contributed by atoms with van der Waals surface area (Å²) in [4.78, 5) is 35.5. The van der Waals surface area contributed by atoms with Crippen molar-refractivity contribution in [2.75, 3.05) is 6.61 Å². The lowest BCUT2D eigenvalue weighted by molar-refractivity contribution is -0.145. The maximum Gasteiger partial charge on any atom is 0.326 e. The minimum absolute atomic E-state index is 0.0853. The summed E-state index contributed by atoms with van der Waals surface area (Å²) >= 11 is 0. The van der Waals surface area contributed by atoms with E-state index in [1.165, 1.54) is 0 Å². The number of hydrogen-bond donors (Lipinski definition) is 2. The normalized spacial score (nSPS) is 12.7. The topological polar surface area (TPSA) is 92.7 Å². The summed E-state index contributed by atoms with van der Waals surface area (Å²) in [6, 6.07) is 15.4. The molecule has 0 saturated heterocycles. The average molecular weight is 369 g/mol. The summed E-state index contributed by atoms with van der Waals surface area (Å²) in [6.07, 6.45) is -0.0853. The van der Waals surface area contributed by atoms with Crippen LogP contribution in [0.5, 0.6) is 0 Å². The molecule has 6 heteroatoms. The van der Waals surface area contributed by atoms with E-state index in [9.17, 15) is 19.5 Å². The first-order valence-corrected chi connectivity index (χ1v) is 8.77. The van der Waals surface area contributed by atoms with Gasteiger partial charge in [0.1, 0.15) is 6.04 Å². The van der Waals surface area contributed by atoms with E-state index >= 15 is 0 Å². The number of amides is 1. The number of hydrogen-bond acceptors (Lipinski definition) is 4. The van der Waals surface area contributed by atoms with Gasteiger partial charge in [-0.3, -0.25) is 9.59 Å². The maximum atomic E-state index is 12.4. The first kappa shape index (κ1) is 20.2. The van der Waals surface area contributed by atoms with Gasteiger partial charge in [-0.05, 0) is 36.1 Å². The molecular formula is C21H23NO5. The summed E-state index contributed by atoms with van der Waals surface area (Å²) in [7, 11) is 0. The summed E-state index contributed by atoms with van der Waals surface area (Å²) in [5, 5.41) is 11.9. The molecule has 0 unspecified atom stereocenters. The van der Waals surface area contributed by atoms with E-state index in [0.29, 0.717) is 5.56 Å². The lowest BCUT2D eigenvalue weighted by Gasteiger charge is -2.21. The summed E-state index contributed by atoms with van der Waals surface area (Å²) in [5.74, 6) is -2.79. The Bertz CT molecular complexity index is 786. The third kappa shape index (κ3) is 5.67. The van der Waals surface area contributed by atoms with Gasteiger partial charge >= 0.3 is 11.9 Å². The Morgan fingerprint density at radius 3 is 2.15 bits per heavy atom. The van der Waals surface area contributed by atoms with Crippen molar-refractivity contribution in [2.45, 2.75) is 26.3 Å². The van der Waals surface area contributed by atoms with Gasteiger partial charge in [0.15, 0.2) is 0 Å². The molecule has 2 aromatic carbocycles. The number of benzene rings is 2. The smallest absolute Gasteiger partial charge is 0.326 e. The standard InChI is InChI=1S/C21H23NO5/c1-3-27-18(23)13-14(2)19(21(25)26)22-20(24)17-11-9-16(10-12-17)15-7-5-4-6-8-15/h4-12,14,19H,3,13H2,1-2H3,(H,22,24)(H,25,26)/t14-,19+/m0/s1. The molecule has 0 aliphatic heterocycles. The molecule has 0 spiro atoms. The fourth-order valence-corrected chi connectivity index (χ4v) is 2.72. The van der Waals surface area contributed by atoms with Crippen LogP contribution in [0.15, 0.2) is 54.6 Å². The zero-order valence-electron chi connectivity index (χ0n) is 15.3.